The molecule has 6 heteroatoms. The normalized spacial score (nSPS) is 25.3. The zero-order valence-corrected chi connectivity index (χ0v) is 13.2. The quantitative estimate of drug-likeness (QED) is 0.509. The van der Waals surface area contributed by atoms with Gasteiger partial charge in [0.1, 0.15) is 5.00 Å². The van der Waals surface area contributed by atoms with Crippen LogP contribution in [-0.4, -0.2) is 16.7 Å². The molecule has 0 aromatic carbocycles. The summed E-state index contributed by atoms with van der Waals surface area (Å²) in [6.45, 7) is 1.37. The van der Waals surface area contributed by atoms with E-state index >= 15 is 0 Å². The fraction of sp³-hybridized carbons (Fsp3) is 0.231. The number of thiophene rings is 1. The lowest BCUT2D eigenvalue weighted by atomic mass is 9.88. The lowest BCUT2D eigenvalue weighted by Crippen LogP contribution is -2.50. The van der Waals surface area contributed by atoms with Crippen LogP contribution < -0.4 is 5.32 Å². The van der Waals surface area contributed by atoms with Crippen LogP contribution in [0.4, 0.5) is 0 Å². The predicted octanol–water partition coefficient (Wildman–Crippen LogP) is 3.51. The highest BCUT2D eigenvalue weighted by molar-refractivity contribution is 9.11. The number of hydrogen-bond acceptors (Lipinski definition) is 3. The van der Waals surface area contributed by atoms with Gasteiger partial charge in [-0.25, -0.2) is 0 Å². The van der Waals surface area contributed by atoms with Crippen LogP contribution in [0.3, 0.4) is 0 Å². The van der Waals surface area contributed by atoms with E-state index in [1.54, 1.807) is 30.4 Å². The lowest BCUT2D eigenvalue weighted by Gasteiger charge is -2.32. The SMILES string of the molecule is CC(=O)NC1(Cl)C=CC=CC1C(=O)c1ccsc1Br. The summed E-state index contributed by atoms with van der Waals surface area (Å²) in [5, 5.41) is 4.45. The highest BCUT2D eigenvalue weighted by Gasteiger charge is 2.40. The van der Waals surface area contributed by atoms with E-state index in [4.69, 9.17) is 11.6 Å². The van der Waals surface area contributed by atoms with Gasteiger partial charge in [-0.3, -0.25) is 9.59 Å². The molecule has 1 aromatic rings. The summed E-state index contributed by atoms with van der Waals surface area (Å²) >= 11 is 11.2. The summed E-state index contributed by atoms with van der Waals surface area (Å²) in [6.07, 6.45) is 6.80. The minimum absolute atomic E-state index is 0.127. The first kappa shape index (κ1) is 14.5. The minimum atomic E-state index is -1.21. The van der Waals surface area contributed by atoms with Gasteiger partial charge in [0, 0.05) is 12.5 Å². The van der Waals surface area contributed by atoms with Gasteiger partial charge in [0.15, 0.2) is 5.78 Å². The third-order valence-electron chi connectivity index (χ3n) is 2.74. The average molecular weight is 361 g/mol. The number of amides is 1. The van der Waals surface area contributed by atoms with Gasteiger partial charge in [-0.1, -0.05) is 29.8 Å². The Hall–Kier alpha value is -0.910. The molecule has 1 heterocycles. The van der Waals surface area contributed by atoms with Crippen LogP contribution in [0.25, 0.3) is 0 Å². The van der Waals surface area contributed by atoms with E-state index in [9.17, 15) is 9.59 Å². The van der Waals surface area contributed by atoms with E-state index in [-0.39, 0.29) is 11.7 Å². The molecule has 1 aliphatic carbocycles. The Balaban J connectivity index is 2.34. The average Bonchev–Trinajstić information content (AvgIpc) is 2.73. The van der Waals surface area contributed by atoms with Crippen molar-refractivity contribution in [3.8, 4) is 0 Å². The summed E-state index contributed by atoms with van der Waals surface area (Å²) in [4.78, 5) is 22.6. The Labute approximate surface area is 128 Å². The second-order valence-corrected chi connectivity index (χ2v) is 7.00. The van der Waals surface area contributed by atoms with E-state index < -0.39 is 10.9 Å². The molecule has 0 fully saturated rings. The topological polar surface area (TPSA) is 46.2 Å². The van der Waals surface area contributed by atoms with Gasteiger partial charge >= 0.3 is 0 Å². The van der Waals surface area contributed by atoms with E-state index in [0.717, 1.165) is 3.79 Å². The second kappa shape index (κ2) is 5.61. The van der Waals surface area contributed by atoms with E-state index in [0.29, 0.717) is 5.56 Å². The van der Waals surface area contributed by atoms with Crippen LogP contribution in [0.15, 0.2) is 39.5 Å². The number of rotatable bonds is 3. The number of alkyl halides is 1. The number of Topliss-reactive ketones (excluding diaryl/α,β-unsaturated/α-hetero) is 1. The first-order chi connectivity index (χ1) is 8.94. The smallest absolute Gasteiger partial charge is 0.218 e. The maximum atomic E-state index is 12.5. The van der Waals surface area contributed by atoms with E-state index in [2.05, 4.69) is 21.2 Å². The second-order valence-electron chi connectivity index (χ2n) is 4.14. The highest BCUT2D eigenvalue weighted by atomic mass is 79.9. The molecule has 2 rings (SSSR count). The first-order valence-electron chi connectivity index (χ1n) is 5.55. The van der Waals surface area contributed by atoms with Crippen LogP contribution in [0.1, 0.15) is 17.3 Å². The highest BCUT2D eigenvalue weighted by Crippen LogP contribution is 2.34. The molecular weight excluding hydrogens is 350 g/mol. The number of carbonyl (C=O) groups excluding carboxylic acids is 2. The summed E-state index contributed by atoms with van der Waals surface area (Å²) in [6, 6.07) is 1.74. The fourth-order valence-electron chi connectivity index (χ4n) is 1.92. The summed E-state index contributed by atoms with van der Waals surface area (Å²) in [7, 11) is 0. The van der Waals surface area contributed by atoms with Gasteiger partial charge in [-0.05, 0) is 33.5 Å². The van der Waals surface area contributed by atoms with Crippen LogP contribution in [-0.2, 0) is 4.79 Å². The molecule has 1 N–H and O–H groups in total. The molecule has 3 nitrogen and oxygen atoms in total. The van der Waals surface area contributed by atoms with Crippen molar-refractivity contribution in [2.75, 3.05) is 0 Å². The Kier molecular flexibility index (Phi) is 4.28. The largest absolute Gasteiger partial charge is 0.333 e. The van der Waals surface area contributed by atoms with Crippen LogP contribution >= 0.6 is 38.9 Å². The van der Waals surface area contributed by atoms with Crippen molar-refractivity contribution < 1.29 is 9.59 Å². The zero-order chi connectivity index (χ0) is 14.0. The molecule has 1 aromatic heterocycles. The number of halogens is 2. The molecule has 0 saturated heterocycles. The number of nitrogens with one attached hydrogen (secondary N) is 1. The van der Waals surface area contributed by atoms with Crippen molar-refractivity contribution in [3.63, 3.8) is 0 Å². The van der Waals surface area contributed by atoms with Gasteiger partial charge in [-0.15, -0.1) is 11.3 Å². The van der Waals surface area contributed by atoms with Crippen molar-refractivity contribution in [2.45, 2.75) is 11.9 Å². The minimum Gasteiger partial charge on any atom is -0.333 e. The first-order valence-corrected chi connectivity index (χ1v) is 7.60. The van der Waals surface area contributed by atoms with Crippen LogP contribution in [0, 0.1) is 5.92 Å². The fourth-order valence-corrected chi connectivity index (χ4v) is 3.57. The van der Waals surface area contributed by atoms with Gasteiger partial charge in [-0.2, -0.15) is 0 Å². The van der Waals surface area contributed by atoms with Crippen molar-refractivity contribution in [3.05, 3.63) is 45.1 Å². The number of allylic oxidation sites excluding steroid dienone is 2. The third-order valence-corrected chi connectivity index (χ3v) is 4.88. The van der Waals surface area contributed by atoms with Crippen LogP contribution in [0.2, 0.25) is 0 Å². The van der Waals surface area contributed by atoms with E-state index in [1.807, 2.05) is 5.38 Å². The number of carbonyl (C=O) groups is 2. The molecule has 0 saturated carbocycles. The molecule has 1 amide bonds. The molecule has 0 spiro atoms. The molecule has 2 unspecified atom stereocenters. The van der Waals surface area contributed by atoms with Crippen molar-refractivity contribution in [1.82, 2.24) is 5.32 Å². The predicted molar refractivity (Wildman–Crippen MR) is 80.5 cm³/mol. The monoisotopic (exact) mass is 359 g/mol. The molecular formula is C13H11BrClNO2S. The molecule has 1 aliphatic rings. The summed E-state index contributed by atoms with van der Waals surface area (Å²) in [5.41, 5.74) is 0.574. The maximum Gasteiger partial charge on any atom is 0.218 e. The molecule has 2 atom stereocenters. The summed E-state index contributed by atoms with van der Waals surface area (Å²) < 4.78 is 0.766. The van der Waals surface area contributed by atoms with Crippen molar-refractivity contribution in [2.24, 2.45) is 5.92 Å². The Morgan fingerprint density at radius 1 is 1.47 bits per heavy atom. The molecule has 19 heavy (non-hydrogen) atoms. The Morgan fingerprint density at radius 3 is 2.79 bits per heavy atom. The van der Waals surface area contributed by atoms with Gasteiger partial charge in [0.25, 0.3) is 0 Å². The van der Waals surface area contributed by atoms with Gasteiger partial charge in [0.2, 0.25) is 5.91 Å². The van der Waals surface area contributed by atoms with E-state index in [1.165, 1.54) is 18.3 Å². The Morgan fingerprint density at radius 2 is 2.21 bits per heavy atom. The lowest BCUT2D eigenvalue weighted by molar-refractivity contribution is -0.119. The van der Waals surface area contributed by atoms with Crippen molar-refractivity contribution >= 4 is 50.6 Å². The number of hydrogen-bond donors (Lipinski definition) is 1. The summed E-state index contributed by atoms with van der Waals surface area (Å²) in [5.74, 6) is -1.04. The molecule has 0 aliphatic heterocycles. The molecule has 100 valence electrons. The van der Waals surface area contributed by atoms with Gasteiger partial charge < -0.3 is 5.32 Å². The third kappa shape index (κ3) is 2.99. The van der Waals surface area contributed by atoms with Crippen molar-refractivity contribution in [1.29, 1.82) is 0 Å². The van der Waals surface area contributed by atoms with Gasteiger partial charge in [0.05, 0.1) is 9.70 Å². The molecule has 0 bridgehead atoms. The molecule has 0 radical (unpaired) electrons. The Bertz CT molecular complexity index is 581. The maximum absolute atomic E-state index is 12.5. The number of ketones is 1. The van der Waals surface area contributed by atoms with Crippen LogP contribution in [0.5, 0.6) is 0 Å². The standard InChI is InChI=1S/C13H11BrClNO2S/c1-8(17)16-13(15)6-3-2-4-10(13)11(18)9-5-7-19-12(9)14/h2-7,10H,1H3,(H,16,17). The zero-order valence-electron chi connectivity index (χ0n) is 10.0.